The summed E-state index contributed by atoms with van der Waals surface area (Å²) >= 11 is 0. The van der Waals surface area contributed by atoms with E-state index in [-0.39, 0.29) is 11.9 Å². The molecular weight excluding hydrogens is 452 g/mol. The number of halogens is 2. The summed E-state index contributed by atoms with van der Waals surface area (Å²) in [5.41, 5.74) is 4.56. The van der Waals surface area contributed by atoms with Gasteiger partial charge in [-0.2, -0.15) is 13.9 Å². The minimum Gasteiger partial charge on any atom is -0.496 e. The van der Waals surface area contributed by atoms with Crippen LogP contribution < -0.4 is 15.0 Å². The standard InChI is InChI=1S/C26H31F2N5O2/c1-17-5-7-21(32-11-9-31(3)10-12-32)14-22(17)25(34)30-18(2)19-6-8-24(35-4)23(13-19)20-15-29-33(16-20)26(27)28/h5-8,13-16,18,26H,9-12H2,1-4H3,(H,30,34)/t18-/m1/s1. The van der Waals surface area contributed by atoms with Gasteiger partial charge in [-0.05, 0) is 56.3 Å². The molecule has 0 spiro atoms. The molecule has 2 heterocycles. The number of nitrogens with one attached hydrogen (secondary N) is 1. The lowest BCUT2D eigenvalue weighted by Crippen LogP contribution is -2.44. The van der Waals surface area contributed by atoms with Crippen LogP contribution in [0.1, 0.15) is 41.0 Å². The molecule has 0 radical (unpaired) electrons. The summed E-state index contributed by atoms with van der Waals surface area (Å²) in [6, 6.07) is 11.2. The predicted molar refractivity (Wildman–Crippen MR) is 132 cm³/mol. The van der Waals surface area contributed by atoms with Crippen LogP contribution in [0.2, 0.25) is 0 Å². The number of nitrogens with zero attached hydrogens (tertiary/aromatic N) is 4. The van der Waals surface area contributed by atoms with Crippen LogP contribution in [0.4, 0.5) is 14.5 Å². The number of aryl methyl sites for hydroxylation is 1. The van der Waals surface area contributed by atoms with Gasteiger partial charge < -0.3 is 19.9 Å². The Morgan fingerprint density at radius 2 is 1.86 bits per heavy atom. The first-order valence-corrected chi connectivity index (χ1v) is 11.6. The van der Waals surface area contributed by atoms with Crippen molar-refractivity contribution < 1.29 is 18.3 Å². The molecule has 1 fully saturated rings. The van der Waals surface area contributed by atoms with Crippen LogP contribution in [0.5, 0.6) is 5.75 Å². The number of piperazine rings is 1. The van der Waals surface area contributed by atoms with Gasteiger partial charge >= 0.3 is 6.55 Å². The molecule has 186 valence electrons. The Balaban J connectivity index is 1.54. The number of rotatable bonds is 7. The van der Waals surface area contributed by atoms with Gasteiger partial charge in [-0.1, -0.05) is 12.1 Å². The lowest BCUT2D eigenvalue weighted by Gasteiger charge is -2.34. The maximum absolute atomic E-state index is 13.2. The van der Waals surface area contributed by atoms with Crippen molar-refractivity contribution in [3.8, 4) is 16.9 Å². The monoisotopic (exact) mass is 483 g/mol. The molecule has 0 aliphatic carbocycles. The smallest absolute Gasteiger partial charge is 0.333 e. The van der Waals surface area contributed by atoms with Crippen LogP contribution in [-0.4, -0.2) is 60.9 Å². The van der Waals surface area contributed by atoms with Crippen LogP contribution >= 0.6 is 0 Å². The second-order valence-electron chi connectivity index (χ2n) is 8.93. The van der Waals surface area contributed by atoms with Gasteiger partial charge in [0.15, 0.2) is 0 Å². The largest absolute Gasteiger partial charge is 0.496 e. The Kier molecular flexibility index (Phi) is 7.35. The molecule has 3 aromatic rings. The van der Waals surface area contributed by atoms with Gasteiger partial charge in [-0.25, -0.2) is 4.68 Å². The number of hydrogen-bond donors (Lipinski definition) is 1. The quantitative estimate of drug-likeness (QED) is 0.536. The zero-order valence-electron chi connectivity index (χ0n) is 20.5. The third kappa shape index (κ3) is 5.45. The maximum atomic E-state index is 13.2. The van der Waals surface area contributed by atoms with Crippen molar-refractivity contribution in [1.82, 2.24) is 20.0 Å². The highest BCUT2D eigenvalue weighted by Crippen LogP contribution is 2.33. The average Bonchev–Trinajstić information content (AvgIpc) is 3.35. The number of anilines is 1. The fourth-order valence-electron chi connectivity index (χ4n) is 4.28. The highest BCUT2D eigenvalue weighted by atomic mass is 19.3. The zero-order valence-corrected chi connectivity index (χ0v) is 20.5. The number of benzene rings is 2. The van der Waals surface area contributed by atoms with E-state index in [0.29, 0.717) is 27.1 Å². The summed E-state index contributed by atoms with van der Waals surface area (Å²) in [5, 5.41) is 6.81. The van der Waals surface area contributed by atoms with Crippen molar-refractivity contribution in [3.63, 3.8) is 0 Å². The molecule has 9 heteroatoms. The Morgan fingerprint density at radius 3 is 2.51 bits per heavy atom. The molecule has 0 saturated carbocycles. The van der Waals surface area contributed by atoms with E-state index < -0.39 is 6.55 Å². The van der Waals surface area contributed by atoms with Crippen LogP contribution in [0.15, 0.2) is 48.8 Å². The molecule has 1 N–H and O–H groups in total. The number of methoxy groups -OCH3 is 1. The molecule has 1 aliphatic heterocycles. The molecule has 1 saturated heterocycles. The second-order valence-corrected chi connectivity index (χ2v) is 8.93. The minimum absolute atomic E-state index is 0.158. The average molecular weight is 484 g/mol. The SMILES string of the molecule is COc1ccc([C@@H](C)NC(=O)c2cc(N3CCN(C)CC3)ccc2C)cc1-c1cnn(C(F)F)c1. The third-order valence-corrected chi connectivity index (χ3v) is 6.52. The zero-order chi connectivity index (χ0) is 25.1. The van der Waals surface area contributed by atoms with Gasteiger partial charge in [0.1, 0.15) is 5.75 Å². The fourth-order valence-corrected chi connectivity index (χ4v) is 4.28. The number of ether oxygens (including phenoxy) is 1. The minimum atomic E-state index is -2.72. The van der Waals surface area contributed by atoms with Gasteiger partial charge in [0.2, 0.25) is 0 Å². The molecule has 1 aromatic heterocycles. The first-order chi connectivity index (χ1) is 16.8. The highest BCUT2D eigenvalue weighted by molar-refractivity contribution is 5.97. The van der Waals surface area contributed by atoms with Crippen molar-refractivity contribution in [2.75, 3.05) is 45.2 Å². The van der Waals surface area contributed by atoms with Crippen molar-refractivity contribution >= 4 is 11.6 Å². The molecule has 0 bridgehead atoms. The van der Waals surface area contributed by atoms with Crippen molar-refractivity contribution in [3.05, 3.63) is 65.5 Å². The molecule has 1 amide bonds. The van der Waals surface area contributed by atoms with Crippen LogP contribution in [-0.2, 0) is 0 Å². The number of hydrogen-bond acceptors (Lipinski definition) is 5. The molecule has 2 aromatic carbocycles. The number of carbonyl (C=O) groups is 1. The van der Waals surface area contributed by atoms with E-state index in [4.69, 9.17) is 4.74 Å². The Bertz CT molecular complexity index is 1190. The molecule has 4 rings (SSSR count). The first kappa shape index (κ1) is 24.7. The summed E-state index contributed by atoms with van der Waals surface area (Å²) < 4.78 is 32.0. The van der Waals surface area contributed by atoms with Crippen molar-refractivity contribution in [2.45, 2.75) is 26.4 Å². The van der Waals surface area contributed by atoms with Gasteiger partial charge in [0, 0.05) is 54.8 Å². The van der Waals surface area contributed by atoms with Gasteiger partial charge in [0.05, 0.1) is 19.3 Å². The number of amides is 1. The normalized spacial score (nSPS) is 15.3. The molecule has 1 atom stereocenters. The van der Waals surface area contributed by atoms with Gasteiger partial charge in [-0.15, -0.1) is 0 Å². The van der Waals surface area contributed by atoms with Crippen LogP contribution in [0, 0.1) is 6.92 Å². The topological polar surface area (TPSA) is 62.6 Å². The molecular formula is C26H31F2N5O2. The lowest BCUT2D eigenvalue weighted by atomic mass is 10.00. The summed E-state index contributed by atoms with van der Waals surface area (Å²) in [6.07, 6.45) is 2.66. The van der Waals surface area contributed by atoms with Crippen LogP contribution in [0.25, 0.3) is 11.1 Å². The third-order valence-electron chi connectivity index (χ3n) is 6.52. The predicted octanol–water partition coefficient (Wildman–Crippen LogP) is 4.51. The summed E-state index contributed by atoms with van der Waals surface area (Å²) in [5.74, 6) is 0.380. The van der Waals surface area contributed by atoms with E-state index in [1.165, 1.54) is 19.5 Å². The molecule has 0 unspecified atom stereocenters. The molecule has 35 heavy (non-hydrogen) atoms. The van der Waals surface area contributed by atoms with E-state index in [9.17, 15) is 13.6 Å². The maximum Gasteiger partial charge on any atom is 0.333 e. The number of alkyl halides is 2. The van der Waals surface area contributed by atoms with E-state index in [1.54, 1.807) is 6.07 Å². The Labute approximate surface area is 204 Å². The number of carbonyl (C=O) groups excluding carboxylic acids is 1. The van der Waals surface area contributed by atoms with E-state index >= 15 is 0 Å². The summed E-state index contributed by atoms with van der Waals surface area (Å²) in [7, 11) is 3.64. The first-order valence-electron chi connectivity index (χ1n) is 11.6. The van der Waals surface area contributed by atoms with Gasteiger partial charge in [0.25, 0.3) is 5.91 Å². The van der Waals surface area contributed by atoms with E-state index in [1.807, 2.05) is 38.1 Å². The Hall–Kier alpha value is -3.46. The Morgan fingerprint density at radius 1 is 1.11 bits per heavy atom. The number of aromatic nitrogens is 2. The van der Waals surface area contributed by atoms with Crippen molar-refractivity contribution in [1.29, 1.82) is 0 Å². The van der Waals surface area contributed by atoms with Crippen molar-refractivity contribution in [2.24, 2.45) is 0 Å². The summed E-state index contributed by atoms with van der Waals surface area (Å²) in [4.78, 5) is 17.8. The van der Waals surface area contributed by atoms with Gasteiger partial charge in [-0.3, -0.25) is 4.79 Å². The second kappa shape index (κ2) is 10.4. The van der Waals surface area contributed by atoms with E-state index in [0.717, 1.165) is 43.0 Å². The number of likely N-dealkylation sites (N-methyl/N-ethyl adjacent to an activating group) is 1. The molecule has 7 nitrogen and oxygen atoms in total. The lowest BCUT2D eigenvalue weighted by molar-refractivity contribution is 0.0566. The molecule has 1 aliphatic rings. The highest BCUT2D eigenvalue weighted by Gasteiger charge is 2.20. The fraction of sp³-hybridized carbons (Fsp3) is 0.385. The van der Waals surface area contributed by atoms with Crippen LogP contribution in [0.3, 0.4) is 0 Å². The summed E-state index contributed by atoms with van der Waals surface area (Å²) in [6.45, 7) is 4.93. The van der Waals surface area contributed by atoms with E-state index in [2.05, 4.69) is 33.3 Å².